The van der Waals surface area contributed by atoms with Crippen molar-refractivity contribution in [1.82, 2.24) is 4.98 Å². The topological polar surface area (TPSA) is 33.1 Å². The normalized spacial score (nSPS) is 13.6. The van der Waals surface area contributed by atoms with Gasteiger partial charge < -0.3 is 5.11 Å². The molecular weight excluding hydrogens is 263 g/mol. The monoisotopic (exact) mass is 273 g/mol. The van der Waals surface area contributed by atoms with E-state index in [1.807, 2.05) is 5.38 Å². The van der Waals surface area contributed by atoms with Crippen LogP contribution in [0.15, 0.2) is 35.3 Å². The summed E-state index contributed by atoms with van der Waals surface area (Å²) in [5.41, 5.74) is -0.207. The van der Waals surface area contributed by atoms with E-state index in [1.165, 1.54) is 11.3 Å². The fourth-order valence-electron chi connectivity index (χ4n) is 1.67. The number of hydrogen-bond acceptors (Lipinski definition) is 3. The third-order valence-corrected chi connectivity index (χ3v) is 3.26. The van der Waals surface area contributed by atoms with Crippen LogP contribution in [0.25, 0.3) is 0 Å². The summed E-state index contributed by atoms with van der Waals surface area (Å²) in [5, 5.41) is 13.5. The Bertz CT molecular complexity index is 510. The average molecular weight is 273 g/mol. The van der Waals surface area contributed by atoms with Gasteiger partial charge in [-0.3, -0.25) is 4.98 Å². The number of hydrogen-bond donors (Lipinski definition) is 1. The van der Waals surface area contributed by atoms with Crippen molar-refractivity contribution in [3.63, 3.8) is 0 Å². The van der Waals surface area contributed by atoms with Crippen molar-refractivity contribution in [2.75, 3.05) is 0 Å². The first-order chi connectivity index (χ1) is 8.48. The number of aliphatic hydroxyl groups is 1. The van der Waals surface area contributed by atoms with E-state index >= 15 is 0 Å². The molecule has 2 aromatic heterocycles. The standard InChI is InChI=1S/C12H10F3NOS/c13-12(14,15)10-1-3-16-6-9(10)11(17)5-8-2-4-18-7-8/h1-4,6-7,11,17H,5H2. The first-order valence-corrected chi connectivity index (χ1v) is 6.13. The van der Waals surface area contributed by atoms with E-state index in [0.717, 1.165) is 24.0 Å². The Balaban J connectivity index is 2.27. The second-order valence-electron chi connectivity index (χ2n) is 3.81. The maximum Gasteiger partial charge on any atom is 0.416 e. The number of pyridine rings is 1. The highest BCUT2D eigenvalue weighted by Gasteiger charge is 2.34. The number of aliphatic hydroxyl groups excluding tert-OH is 1. The lowest BCUT2D eigenvalue weighted by molar-refractivity contribution is -0.139. The maximum absolute atomic E-state index is 12.8. The number of aromatic nitrogens is 1. The predicted molar refractivity (Wildman–Crippen MR) is 62.2 cm³/mol. The van der Waals surface area contributed by atoms with Crippen molar-refractivity contribution in [1.29, 1.82) is 0 Å². The Morgan fingerprint density at radius 1 is 1.33 bits per heavy atom. The van der Waals surface area contributed by atoms with Crippen LogP contribution in [0.3, 0.4) is 0 Å². The van der Waals surface area contributed by atoms with Gasteiger partial charge in [-0.25, -0.2) is 0 Å². The molecular formula is C12H10F3NOS. The van der Waals surface area contributed by atoms with Crippen LogP contribution in [0.5, 0.6) is 0 Å². The second-order valence-corrected chi connectivity index (χ2v) is 4.59. The summed E-state index contributed by atoms with van der Waals surface area (Å²) >= 11 is 1.44. The van der Waals surface area contributed by atoms with Gasteiger partial charge in [-0.15, -0.1) is 0 Å². The molecule has 0 spiro atoms. The predicted octanol–water partition coefficient (Wildman–Crippen LogP) is 3.44. The molecule has 18 heavy (non-hydrogen) atoms. The summed E-state index contributed by atoms with van der Waals surface area (Å²) in [6.45, 7) is 0. The van der Waals surface area contributed by atoms with E-state index in [-0.39, 0.29) is 12.0 Å². The zero-order valence-corrected chi connectivity index (χ0v) is 10.0. The number of thiophene rings is 1. The van der Waals surface area contributed by atoms with E-state index in [9.17, 15) is 18.3 Å². The summed E-state index contributed by atoms with van der Waals surface area (Å²) in [7, 11) is 0. The van der Waals surface area contributed by atoms with Crippen LogP contribution >= 0.6 is 11.3 Å². The highest BCUT2D eigenvalue weighted by Crippen LogP contribution is 2.34. The molecule has 1 atom stereocenters. The van der Waals surface area contributed by atoms with Gasteiger partial charge in [0.2, 0.25) is 0 Å². The molecule has 1 N–H and O–H groups in total. The van der Waals surface area contributed by atoms with E-state index in [1.54, 1.807) is 11.4 Å². The summed E-state index contributed by atoms with van der Waals surface area (Å²) < 4.78 is 38.3. The summed E-state index contributed by atoms with van der Waals surface area (Å²) in [6, 6.07) is 2.66. The molecule has 0 saturated heterocycles. The molecule has 0 aliphatic carbocycles. The molecule has 0 aliphatic heterocycles. The number of halogens is 3. The van der Waals surface area contributed by atoms with Crippen molar-refractivity contribution in [3.8, 4) is 0 Å². The van der Waals surface area contributed by atoms with Gasteiger partial charge in [0, 0.05) is 24.4 Å². The van der Waals surface area contributed by atoms with Crippen LogP contribution in [-0.4, -0.2) is 10.1 Å². The van der Waals surface area contributed by atoms with Crippen molar-refractivity contribution >= 4 is 11.3 Å². The molecule has 6 heteroatoms. The molecule has 0 aliphatic rings. The minimum absolute atomic E-state index is 0.151. The first-order valence-electron chi connectivity index (χ1n) is 5.18. The quantitative estimate of drug-likeness (QED) is 0.929. The Kier molecular flexibility index (Phi) is 3.68. The third kappa shape index (κ3) is 2.88. The molecule has 1 unspecified atom stereocenters. The molecule has 0 saturated carbocycles. The molecule has 2 aromatic rings. The van der Waals surface area contributed by atoms with Crippen LogP contribution in [0.2, 0.25) is 0 Å². The molecule has 2 rings (SSSR count). The van der Waals surface area contributed by atoms with Crippen LogP contribution in [-0.2, 0) is 12.6 Å². The Morgan fingerprint density at radius 3 is 2.72 bits per heavy atom. The number of alkyl halides is 3. The van der Waals surface area contributed by atoms with Crippen molar-refractivity contribution in [2.24, 2.45) is 0 Å². The van der Waals surface area contributed by atoms with E-state index in [0.29, 0.717) is 0 Å². The van der Waals surface area contributed by atoms with Gasteiger partial charge in [0.25, 0.3) is 0 Å². The van der Waals surface area contributed by atoms with Gasteiger partial charge in [-0.05, 0) is 28.5 Å². The van der Waals surface area contributed by atoms with E-state index in [4.69, 9.17) is 0 Å². The third-order valence-electron chi connectivity index (χ3n) is 2.53. The summed E-state index contributed by atoms with van der Waals surface area (Å²) in [6.07, 6.45) is -3.39. The van der Waals surface area contributed by atoms with Crippen molar-refractivity contribution in [2.45, 2.75) is 18.7 Å². The van der Waals surface area contributed by atoms with Crippen LogP contribution in [0.1, 0.15) is 22.8 Å². The highest BCUT2D eigenvalue weighted by molar-refractivity contribution is 7.07. The minimum Gasteiger partial charge on any atom is -0.388 e. The van der Waals surface area contributed by atoms with E-state index < -0.39 is 17.8 Å². The van der Waals surface area contributed by atoms with Crippen LogP contribution in [0, 0.1) is 0 Å². The summed E-state index contributed by atoms with van der Waals surface area (Å²) in [4.78, 5) is 3.65. The van der Waals surface area contributed by atoms with Crippen LogP contribution < -0.4 is 0 Å². The van der Waals surface area contributed by atoms with Gasteiger partial charge in [0.1, 0.15) is 0 Å². The Labute approximate surface area is 106 Å². The first kappa shape index (κ1) is 13.0. The number of rotatable bonds is 3. The molecule has 0 fully saturated rings. The van der Waals surface area contributed by atoms with Gasteiger partial charge in [0.05, 0.1) is 11.7 Å². The molecule has 0 bridgehead atoms. The molecule has 2 heterocycles. The van der Waals surface area contributed by atoms with Crippen molar-refractivity contribution in [3.05, 3.63) is 52.0 Å². The molecule has 96 valence electrons. The lowest BCUT2D eigenvalue weighted by Crippen LogP contribution is -2.13. The Morgan fingerprint density at radius 2 is 2.11 bits per heavy atom. The van der Waals surface area contributed by atoms with Gasteiger partial charge >= 0.3 is 6.18 Å². The van der Waals surface area contributed by atoms with Gasteiger partial charge in [0.15, 0.2) is 0 Å². The fourth-order valence-corrected chi connectivity index (χ4v) is 2.35. The lowest BCUT2D eigenvalue weighted by atomic mass is 10.00. The smallest absolute Gasteiger partial charge is 0.388 e. The molecule has 0 amide bonds. The largest absolute Gasteiger partial charge is 0.416 e. The van der Waals surface area contributed by atoms with Gasteiger partial charge in [-0.2, -0.15) is 24.5 Å². The van der Waals surface area contributed by atoms with Crippen LogP contribution in [0.4, 0.5) is 13.2 Å². The number of nitrogens with zero attached hydrogens (tertiary/aromatic N) is 1. The SMILES string of the molecule is OC(Cc1ccsc1)c1cnccc1C(F)(F)F. The minimum atomic E-state index is -4.48. The van der Waals surface area contributed by atoms with E-state index in [2.05, 4.69) is 4.98 Å². The molecule has 0 aromatic carbocycles. The van der Waals surface area contributed by atoms with Gasteiger partial charge in [-0.1, -0.05) is 0 Å². The maximum atomic E-state index is 12.8. The highest BCUT2D eigenvalue weighted by atomic mass is 32.1. The fraction of sp³-hybridized carbons (Fsp3) is 0.250. The molecule has 2 nitrogen and oxygen atoms in total. The molecule has 0 radical (unpaired) electrons. The lowest BCUT2D eigenvalue weighted by Gasteiger charge is -2.16. The Hall–Kier alpha value is -1.40. The summed E-state index contributed by atoms with van der Waals surface area (Å²) in [5.74, 6) is 0. The zero-order chi connectivity index (χ0) is 13.2. The van der Waals surface area contributed by atoms with Crippen molar-refractivity contribution < 1.29 is 18.3 Å². The average Bonchev–Trinajstić information content (AvgIpc) is 2.80. The zero-order valence-electron chi connectivity index (χ0n) is 9.19. The second kappa shape index (κ2) is 5.07.